The van der Waals surface area contributed by atoms with E-state index >= 15 is 0 Å². The van der Waals surface area contributed by atoms with E-state index in [2.05, 4.69) is 38.1 Å². The Hall–Kier alpha value is -0.410. The van der Waals surface area contributed by atoms with Gasteiger partial charge in [-0.1, -0.05) is 27.7 Å². The first-order valence-corrected chi connectivity index (χ1v) is 6.09. The topological polar surface area (TPSA) is 38.9 Å². The van der Waals surface area contributed by atoms with E-state index in [9.17, 15) is 0 Å². The largest absolute Gasteiger partial charge is 0.322 e. The minimum atomic E-state index is 0.118. The first-order chi connectivity index (χ1) is 6.50. The van der Waals surface area contributed by atoms with E-state index in [-0.39, 0.29) is 6.04 Å². The number of nitrogens with two attached hydrogens (primary N) is 1. The Kier molecular flexibility index (Phi) is 4.08. The van der Waals surface area contributed by atoms with Gasteiger partial charge in [-0.25, -0.2) is 4.98 Å². The van der Waals surface area contributed by atoms with Crippen LogP contribution in [0.25, 0.3) is 0 Å². The van der Waals surface area contributed by atoms with Gasteiger partial charge in [0.15, 0.2) is 0 Å². The second-order valence-corrected chi connectivity index (χ2v) is 5.39. The van der Waals surface area contributed by atoms with E-state index in [1.807, 2.05) is 0 Å². The molecule has 1 unspecified atom stereocenters. The molecule has 0 bridgehead atoms. The predicted molar refractivity (Wildman–Crippen MR) is 62.6 cm³/mol. The summed E-state index contributed by atoms with van der Waals surface area (Å²) in [5.41, 5.74) is 7.23. The highest BCUT2D eigenvalue weighted by atomic mass is 32.1. The molecule has 0 aliphatic rings. The van der Waals surface area contributed by atoms with E-state index in [1.165, 1.54) is 5.69 Å². The number of thiazole rings is 1. The van der Waals surface area contributed by atoms with E-state index in [0.717, 1.165) is 11.4 Å². The van der Waals surface area contributed by atoms with Gasteiger partial charge in [0.1, 0.15) is 5.01 Å². The summed E-state index contributed by atoms with van der Waals surface area (Å²) >= 11 is 1.69. The minimum absolute atomic E-state index is 0.118. The van der Waals surface area contributed by atoms with Gasteiger partial charge in [0, 0.05) is 5.38 Å². The van der Waals surface area contributed by atoms with Crippen molar-refractivity contribution in [3.8, 4) is 0 Å². The number of aromatic nitrogens is 1. The highest BCUT2D eigenvalue weighted by Crippen LogP contribution is 2.25. The van der Waals surface area contributed by atoms with E-state index in [0.29, 0.717) is 11.8 Å². The van der Waals surface area contributed by atoms with Gasteiger partial charge in [-0.2, -0.15) is 0 Å². The number of hydrogen-bond donors (Lipinski definition) is 1. The predicted octanol–water partition coefficient (Wildman–Crippen LogP) is 3.31. The Balaban J connectivity index is 2.66. The Morgan fingerprint density at radius 1 is 1.36 bits per heavy atom. The third kappa shape index (κ3) is 3.07. The second-order valence-electron chi connectivity index (χ2n) is 4.50. The van der Waals surface area contributed by atoms with Crippen molar-refractivity contribution in [2.24, 2.45) is 11.7 Å². The molecule has 3 heteroatoms. The maximum Gasteiger partial charge on any atom is 0.110 e. The van der Waals surface area contributed by atoms with Crippen molar-refractivity contribution >= 4 is 11.3 Å². The molecule has 0 aliphatic heterocycles. The van der Waals surface area contributed by atoms with E-state index in [1.54, 1.807) is 11.3 Å². The Morgan fingerprint density at radius 2 is 2.00 bits per heavy atom. The van der Waals surface area contributed by atoms with Crippen LogP contribution in [0.3, 0.4) is 0 Å². The normalized spacial score (nSPS) is 13.9. The van der Waals surface area contributed by atoms with Crippen LogP contribution in [0.5, 0.6) is 0 Å². The molecule has 1 aromatic rings. The van der Waals surface area contributed by atoms with Crippen molar-refractivity contribution in [2.75, 3.05) is 0 Å². The van der Waals surface area contributed by atoms with Crippen LogP contribution in [-0.4, -0.2) is 4.98 Å². The van der Waals surface area contributed by atoms with Gasteiger partial charge in [-0.05, 0) is 18.3 Å². The van der Waals surface area contributed by atoms with Crippen LogP contribution in [0.4, 0.5) is 0 Å². The molecule has 0 saturated carbocycles. The molecule has 0 amide bonds. The Labute approximate surface area is 90.6 Å². The highest BCUT2D eigenvalue weighted by molar-refractivity contribution is 7.09. The zero-order valence-corrected chi connectivity index (χ0v) is 10.3. The number of nitrogens with zero attached hydrogens (tertiary/aromatic N) is 1. The quantitative estimate of drug-likeness (QED) is 0.831. The molecular weight excluding hydrogens is 192 g/mol. The summed E-state index contributed by atoms with van der Waals surface area (Å²) in [4.78, 5) is 4.56. The van der Waals surface area contributed by atoms with Crippen LogP contribution in [0, 0.1) is 5.92 Å². The molecule has 1 atom stereocenters. The zero-order chi connectivity index (χ0) is 10.7. The molecule has 1 rings (SSSR count). The molecular formula is C11H20N2S. The lowest BCUT2D eigenvalue weighted by Crippen LogP contribution is -2.12. The molecule has 2 nitrogen and oxygen atoms in total. The second kappa shape index (κ2) is 4.89. The first kappa shape index (κ1) is 11.7. The molecule has 80 valence electrons. The fraction of sp³-hybridized carbons (Fsp3) is 0.727. The average Bonchev–Trinajstić information content (AvgIpc) is 2.50. The van der Waals surface area contributed by atoms with Gasteiger partial charge in [-0.3, -0.25) is 0 Å². The average molecular weight is 212 g/mol. The smallest absolute Gasteiger partial charge is 0.110 e. The van der Waals surface area contributed by atoms with Gasteiger partial charge in [0.2, 0.25) is 0 Å². The molecule has 0 aromatic carbocycles. The summed E-state index contributed by atoms with van der Waals surface area (Å²) in [5.74, 6) is 1.14. The van der Waals surface area contributed by atoms with Gasteiger partial charge in [-0.15, -0.1) is 11.3 Å². The monoisotopic (exact) mass is 212 g/mol. The van der Waals surface area contributed by atoms with Crippen LogP contribution in [0.2, 0.25) is 0 Å². The zero-order valence-electron chi connectivity index (χ0n) is 9.45. The van der Waals surface area contributed by atoms with Crippen LogP contribution >= 0.6 is 11.3 Å². The van der Waals surface area contributed by atoms with Crippen molar-refractivity contribution < 1.29 is 0 Å². The summed E-state index contributed by atoms with van der Waals surface area (Å²) in [7, 11) is 0. The molecule has 0 spiro atoms. The lowest BCUT2D eigenvalue weighted by Gasteiger charge is -2.10. The van der Waals surface area contributed by atoms with Crippen molar-refractivity contribution in [2.45, 2.75) is 46.1 Å². The first-order valence-electron chi connectivity index (χ1n) is 5.21. The molecule has 1 heterocycles. The van der Waals surface area contributed by atoms with E-state index < -0.39 is 0 Å². The van der Waals surface area contributed by atoms with Crippen molar-refractivity contribution in [3.63, 3.8) is 0 Å². The summed E-state index contributed by atoms with van der Waals surface area (Å²) in [5, 5.41) is 3.21. The van der Waals surface area contributed by atoms with Crippen LogP contribution < -0.4 is 5.73 Å². The molecule has 0 saturated heterocycles. The molecule has 14 heavy (non-hydrogen) atoms. The third-order valence-electron chi connectivity index (χ3n) is 2.17. The highest BCUT2D eigenvalue weighted by Gasteiger charge is 2.13. The molecule has 2 N–H and O–H groups in total. The van der Waals surface area contributed by atoms with Gasteiger partial charge < -0.3 is 5.73 Å². The van der Waals surface area contributed by atoms with Gasteiger partial charge in [0.05, 0.1) is 11.7 Å². The summed E-state index contributed by atoms with van der Waals surface area (Å²) in [6.07, 6.45) is 1.02. The summed E-state index contributed by atoms with van der Waals surface area (Å²) in [6.45, 7) is 8.70. The lowest BCUT2D eigenvalue weighted by atomic mass is 10.1. The maximum absolute atomic E-state index is 6.06. The van der Waals surface area contributed by atoms with Crippen molar-refractivity contribution in [1.82, 2.24) is 4.98 Å². The van der Waals surface area contributed by atoms with Gasteiger partial charge in [0.25, 0.3) is 0 Å². The van der Waals surface area contributed by atoms with E-state index in [4.69, 9.17) is 5.73 Å². The summed E-state index contributed by atoms with van der Waals surface area (Å²) in [6, 6.07) is 0.118. The Bertz CT molecular complexity index is 279. The minimum Gasteiger partial charge on any atom is -0.322 e. The van der Waals surface area contributed by atoms with Crippen LogP contribution in [-0.2, 0) is 0 Å². The van der Waals surface area contributed by atoms with Gasteiger partial charge >= 0.3 is 0 Å². The van der Waals surface area contributed by atoms with Crippen LogP contribution in [0.15, 0.2) is 5.38 Å². The Morgan fingerprint density at radius 3 is 2.43 bits per heavy atom. The molecule has 0 aliphatic carbocycles. The fourth-order valence-corrected chi connectivity index (χ4v) is 2.34. The van der Waals surface area contributed by atoms with Crippen molar-refractivity contribution in [1.29, 1.82) is 0 Å². The maximum atomic E-state index is 6.06. The number of hydrogen-bond acceptors (Lipinski definition) is 3. The lowest BCUT2D eigenvalue weighted by molar-refractivity contribution is 0.507. The third-order valence-corrected chi connectivity index (χ3v) is 3.17. The molecule has 0 radical (unpaired) electrons. The summed E-state index contributed by atoms with van der Waals surface area (Å²) < 4.78 is 0. The molecule has 1 aromatic heterocycles. The molecule has 0 fully saturated rings. The van der Waals surface area contributed by atoms with Crippen LogP contribution in [0.1, 0.15) is 56.8 Å². The fourth-order valence-electron chi connectivity index (χ4n) is 1.34. The SMILES string of the molecule is CC(C)CC(N)c1nc(C(C)C)cs1. The number of rotatable bonds is 4. The standard InChI is InChI=1S/C11H20N2S/c1-7(2)5-9(12)11-13-10(6-14-11)8(3)4/h6-9H,5,12H2,1-4H3. The van der Waals surface area contributed by atoms with Crippen molar-refractivity contribution in [3.05, 3.63) is 16.1 Å².